The molecule has 3 heteroatoms. The van der Waals surface area contributed by atoms with Crippen molar-refractivity contribution in [1.82, 2.24) is 5.32 Å². The summed E-state index contributed by atoms with van der Waals surface area (Å²) in [4.78, 5) is 0. The van der Waals surface area contributed by atoms with Gasteiger partial charge in [0.25, 0.3) is 0 Å². The zero-order valence-corrected chi connectivity index (χ0v) is 11.0. The highest BCUT2D eigenvalue weighted by Crippen LogP contribution is 2.25. The molecular formula is C13H18ClNS. The van der Waals surface area contributed by atoms with Gasteiger partial charge < -0.3 is 5.32 Å². The van der Waals surface area contributed by atoms with Crippen molar-refractivity contribution in [3.8, 4) is 0 Å². The molecule has 88 valence electrons. The maximum absolute atomic E-state index is 5.87. The third-order valence-electron chi connectivity index (χ3n) is 2.92. The van der Waals surface area contributed by atoms with Gasteiger partial charge in [0.1, 0.15) is 0 Å². The normalized spacial score (nSPS) is 21.7. The summed E-state index contributed by atoms with van der Waals surface area (Å²) in [5, 5.41) is 5.10. The van der Waals surface area contributed by atoms with E-state index < -0.39 is 0 Å². The first kappa shape index (κ1) is 12.3. The van der Waals surface area contributed by atoms with Gasteiger partial charge in [0, 0.05) is 16.0 Å². The number of halogens is 1. The third kappa shape index (κ3) is 4.00. The van der Waals surface area contributed by atoms with Crippen LogP contribution in [0.3, 0.4) is 0 Å². The van der Waals surface area contributed by atoms with Crippen LogP contribution in [0.15, 0.2) is 24.3 Å². The first-order chi connectivity index (χ1) is 7.84. The van der Waals surface area contributed by atoms with Crippen molar-refractivity contribution in [3.05, 3.63) is 34.9 Å². The van der Waals surface area contributed by atoms with Crippen molar-refractivity contribution in [1.29, 1.82) is 0 Å². The van der Waals surface area contributed by atoms with Crippen LogP contribution in [0.4, 0.5) is 0 Å². The van der Waals surface area contributed by atoms with Gasteiger partial charge in [-0.2, -0.15) is 11.8 Å². The molecule has 1 aliphatic rings. The van der Waals surface area contributed by atoms with Crippen molar-refractivity contribution in [2.75, 3.05) is 13.1 Å². The summed E-state index contributed by atoms with van der Waals surface area (Å²) < 4.78 is 0. The molecule has 0 amide bonds. The number of hydrogen-bond acceptors (Lipinski definition) is 2. The number of hydrogen-bond donors (Lipinski definition) is 1. The molecule has 1 heterocycles. The number of benzene rings is 1. The molecule has 1 atom stereocenters. The lowest BCUT2D eigenvalue weighted by Crippen LogP contribution is -2.14. The minimum atomic E-state index is 0.825. The summed E-state index contributed by atoms with van der Waals surface area (Å²) in [6.07, 6.45) is 3.97. The van der Waals surface area contributed by atoms with Crippen LogP contribution in [-0.4, -0.2) is 18.3 Å². The Morgan fingerprint density at radius 3 is 2.81 bits per heavy atom. The van der Waals surface area contributed by atoms with Crippen LogP contribution in [0.25, 0.3) is 0 Å². The van der Waals surface area contributed by atoms with Crippen molar-refractivity contribution in [2.24, 2.45) is 0 Å². The molecule has 1 N–H and O–H groups in total. The number of rotatable bonds is 3. The summed E-state index contributed by atoms with van der Waals surface area (Å²) in [6, 6.07) is 8.22. The van der Waals surface area contributed by atoms with Gasteiger partial charge in [-0.25, -0.2) is 0 Å². The lowest BCUT2D eigenvalue weighted by Gasteiger charge is -2.12. The highest BCUT2D eigenvalue weighted by Gasteiger charge is 2.11. The molecule has 0 saturated carbocycles. The fraction of sp³-hybridized carbons (Fsp3) is 0.538. The lowest BCUT2D eigenvalue weighted by atomic mass is 10.2. The highest BCUT2D eigenvalue weighted by molar-refractivity contribution is 7.99. The van der Waals surface area contributed by atoms with E-state index in [2.05, 4.69) is 29.2 Å². The second kappa shape index (κ2) is 6.53. The maximum atomic E-state index is 5.87. The maximum Gasteiger partial charge on any atom is 0.0406 e. The van der Waals surface area contributed by atoms with Crippen LogP contribution >= 0.6 is 23.4 Å². The summed E-state index contributed by atoms with van der Waals surface area (Å²) in [6.45, 7) is 2.37. The Morgan fingerprint density at radius 1 is 1.19 bits per heavy atom. The SMILES string of the molecule is Clc1ccc(CSC2CCCNCC2)cc1. The van der Waals surface area contributed by atoms with E-state index in [1.54, 1.807) is 0 Å². The topological polar surface area (TPSA) is 12.0 Å². The predicted molar refractivity (Wildman–Crippen MR) is 73.3 cm³/mol. The van der Waals surface area contributed by atoms with Gasteiger partial charge in [0.05, 0.1) is 0 Å². The molecule has 0 radical (unpaired) electrons. The van der Waals surface area contributed by atoms with Crippen LogP contribution in [0.2, 0.25) is 5.02 Å². The summed E-state index contributed by atoms with van der Waals surface area (Å²) in [5.74, 6) is 1.11. The molecule has 1 aromatic rings. The van der Waals surface area contributed by atoms with E-state index in [1.165, 1.54) is 37.9 Å². The Kier molecular flexibility index (Phi) is 5.01. The molecule has 1 unspecified atom stereocenters. The molecule has 0 aliphatic carbocycles. The van der Waals surface area contributed by atoms with E-state index in [0.717, 1.165) is 16.0 Å². The molecule has 0 spiro atoms. The lowest BCUT2D eigenvalue weighted by molar-refractivity contribution is 0.703. The van der Waals surface area contributed by atoms with Gasteiger partial charge in [-0.1, -0.05) is 23.7 Å². The minimum Gasteiger partial charge on any atom is -0.317 e. The first-order valence-corrected chi connectivity index (χ1v) is 7.34. The summed E-state index contributed by atoms with van der Waals surface area (Å²) in [7, 11) is 0. The third-order valence-corrected chi connectivity index (χ3v) is 4.62. The van der Waals surface area contributed by atoms with E-state index in [9.17, 15) is 0 Å². The zero-order chi connectivity index (χ0) is 11.2. The summed E-state index contributed by atoms with van der Waals surface area (Å²) >= 11 is 7.95. The standard InChI is InChI=1S/C13H18ClNS/c14-12-5-3-11(4-6-12)10-16-13-2-1-8-15-9-7-13/h3-6,13,15H,1-2,7-10H2. The first-order valence-electron chi connectivity index (χ1n) is 5.91. The van der Waals surface area contributed by atoms with Gasteiger partial charge >= 0.3 is 0 Å². The largest absolute Gasteiger partial charge is 0.317 e. The average Bonchev–Trinajstić information content (AvgIpc) is 2.57. The number of thioether (sulfide) groups is 1. The Labute approximate surface area is 107 Å². The van der Waals surface area contributed by atoms with E-state index in [0.29, 0.717) is 0 Å². The molecule has 1 nitrogen and oxygen atoms in total. The van der Waals surface area contributed by atoms with Crippen LogP contribution < -0.4 is 5.32 Å². The average molecular weight is 256 g/mol. The Bertz CT molecular complexity index is 304. The molecular weight excluding hydrogens is 238 g/mol. The quantitative estimate of drug-likeness (QED) is 0.884. The molecule has 0 aromatic heterocycles. The van der Waals surface area contributed by atoms with Gasteiger partial charge in [-0.15, -0.1) is 0 Å². The van der Waals surface area contributed by atoms with Crippen molar-refractivity contribution in [2.45, 2.75) is 30.3 Å². The Morgan fingerprint density at radius 2 is 2.00 bits per heavy atom. The minimum absolute atomic E-state index is 0.825. The number of nitrogens with one attached hydrogen (secondary N) is 1. The molecule has 1 aliphatic heterocycles. The van der Waals surface area contributed by atoms with Crippen LogP contribution in [0, 0.1) is 0 Å². The Hall–Kier alpha value is -0.180. The van der Waals surface area contributed by atoms with Crippen molar-refractivity contribution < 1.29 is 0 Å². The Balaban J connectivity index is 1.79. The molecule has 1 saturated heterocycles. The fourth-order valence-electron chi connectivity index (χ4n) is 1.95. The van der Waals surface area contributed by atoms with E-state index >= 15 is 0 Å². The monoisotopic (exact) mass is 255 g/mol. The molecule has 1 fully saturated rings. The van der Waals surface area contributed by atoms with E-state index in [4.69, 9.17) is 11.6 Å². The second-order valence-corrected chi connectivity index (χ2v) is 5.97. The highest BCUT2D eigenvalue weighted by atomic mass is 35.5. The molecule has 1 aromatic carbocycles. The zero-order valence-electron chi connectivity index (χ0n) is 9.42. The van der Waals surface area contributed by atoms with Crippen molar-refractivity contribution >= 4 is 23.4 Å². The van der Waals surface area contributed by atoms with Gasteiger partial charge in [0.15, 0.2) is 0 Å². The second-order valence-electron chi connectivity index (χ2n) is 4.24. The van der Waals surface area contributed by atoms with E-state index in [1.807, 2.05) is 12.1 Å². The predicted octanol–water partition coefficient (Wildman–Crippen LogP) is 3.72. The van der Waals surface area contributed by atoms with Gasteiger partial charge in [-0.05, 0) is 50.0 Å². The van der Waals surface area contributed by atoms with Crippen molar-refractivity contribution in [3.63, 3.8) is 0 Å². The summed E-state index contributed by atoms with van der Waals surface area (Å²) in [5.41, 5.74) is 1.38. The molecule has 2 rings (SSSR count). The van der Waals surface area contributed by atoms with Crippen LogP contribution in [0.1, 0.15) is 24.8 Å². The smallest absolute Gasteiger partial charge is 0.0406 e. The van der Waals surface area contributed by atoms with E-state index in [-0.39, 0.29) is 0 Å². The van der Waals surface area contributed by atoms with Crippen LogP contribution in [-0.2, 0) is 5.75 Å². The van der Waals surface area contributed by atoms with Gasteiger partial charge in [0.2, 0.25) is 0 Å². The van der Waals surface area contributed by atoms with Crippen LogP contribution in [0.5, 0.6) is 0 Å². The fourth-order valence-corrected chi connectivity index (χ4v) is 3.31. The molecule has 16 heavy (non-hydrogen) atoms. The molecule has 0 bridgehead atoms. The van der Waals surface area contributed by atoms with Gasteiger partial charge in [-0.3, -0.25) is 0 Å².